The molecule has 0 spiro atoms. The maximum Gasteiger partial charge on any atom is 0.176 e. The molecule has 1 aliphatic carbocycles. The first-order valence-corrected chi connectivity index (χ1v) is 6.50. The zero-order valence-electron chi connectivity index (χ0n) is 10.0. The summed E-state index contributed by atoms with van der Waals surface area (Å²) in [7, 11) is 0. The smallest absolute Gasteiger partial charge is 0.176 e. The summed E-state index contributed by atoms with van der Waals surface area (Å²) < 4.78 is 0. The number of hydrogen-bond donors (Lipinski definition) is 0. The van der Waals surface area contributed by atoms with Crippen LogP contribution in [0.4, 0.5) is 0 Å². The molecule has 0 aliphatic heterocycles. The van der Waals surface area contributed by atoms with Crippen molar-refractivity contribution in [2.45, 2.75) is 25.7 Å². The number of carbonyl (C=O) groups excluding carboxylic acids is 1. The summed E-state index contributed by atoms with van der Waals surface area (Å²) in [5, 5.41) is 9.72. The van der Waals surface area contributed by atoms with Gasteiger partial charge in [-0.25, -0.2) is 0 Å². The number of nitriles is 1. The zero-order chi connectivity index (χ0) is 13.0. The predicted molar refractivity (Wildman–Crippen MR) is 72.0 cm³/mol. The van der Waals surface area contributed by atoms with Crippen LogP contribution in [0.3, 0.4) is 0 Å². The van der Waals surface area contributed by atoms with Crippen LogP contribution in [0.15, 0.2) is 29.8 Å². The minimum absolute atomic E-state index is 0.0185. The third-order valence-corrected chi connectivity index (χ3v) is 3.51. The van der Waals surface area contributed by atoms with Crippen LogP contribution in [0.25, 0.3) is 6.08 Å². The fourth-order valence-electron chi connectivity index (χ4n) is 2.33. The highest BCUT2D eigenvalue weighted by Gasteiger charge is 2.25. The van der Waals surface area contributed by atoms with Crippen molar-refractivity contribution in [1.82, 2.24) is 0 Å². The maximum atomic E-state index is 12.1. The molecule has 2 nitrogen and oxygen atoms in total. The molecule has 1 fully saturated rings. The maximum absolute atomic E-state index is 12.1. The van der Waals surface area contributed by atoms with E-state index in [4.69, 9.17) is 16.9 Å². The molecule has 2 rings (SSSR count). The summed E-state index contributed by atoms with van der Waals surface area (Å²) in [6, 6.07) is 9.18. The van der Waals surface area contributed by atoms with Gasteiger partial charge in [0.2, 0.25) is 0 Å². The Labute approximate surface area is 112 Å². The summed E-state index contributed by atoms with van der Waals surface area (Å²) in [6.07, 6.45) is 5.63. The number of rotatable bonds is 3. The number of halogens is 1. The summed E-state index contributed by atoms with van der Waals surface area (Å²) >= 11 is 5.88. The largest absolute Gasteiger partial charge is 0.293 e. The molecular weight excluding hydrogens is 246 g/mol. The van der Waals surface area contributed by atoms with Crippen LogP contribution in [0.1, 0.15) is 31.2 Å². The van der Waals surface area contributed by atoms with Crippen molar-refractivity contribution in [1.29, 1.82) is 5.26 Å². The first kappa shape index (κ1) is 12.9. The Hall–Kier alpha value is -1.59. The van der Waals surface area contributed by atoms with Gasteiger partial charge in [-0.3, -0.25) is 4.79 Å². The van der Waals surface area contributed by atoms with Gasteiger partial charge in [-0.1, -0.05) is 36.6 Å². The third kappa shape index (κ3) is 3.00. The fourth-order valence-corrected chi connectivity index (χ4v) is 2.53. The molecule has 0 N–H and O–H groups in total. The molecule has 0 saturated heterocycles. The topological polar surface area (TPSA) is 40.9 Å². The Kier molecular flexibility index (Phi) is 4.17. The van der Waals surface area contributed by atoms with Crippen LogP contribution >= 0.6 is 11.6 Å². The van der Waals surface area contributed by atoms with Gasteiger partial charge < -0.3 is 0 Å². The Morgan fingerprint density at radius 3 is 2.72 bits per heavy atom. The van der Waals surface area contributed by atoms with E-state index in [0.717, 1.165) is 31.2 Å². The lowest BCUT2D eigenvalue weighted by Crippen LogP contribution is -2.12. The van der Waals surface area contributed by atoms with Crippen molar-refractivity contribution in [3.63, 3.8) is 0 Å². The quantitative estimate of drug-likeness (QED) is 0.608. The molecule has 1 aliphatic rings. The van der Waals surface area contributed by atoms with Gasteiger partial charge in [0.25, 0.3) is 0 Å². The van der Waals surface area contributed by atoms with Gasteiger partial charge in [-0.2, -0.15) is 5.26 Å². The van der Waals surface area contributed by atoms with E-state index in [0.29, 0.717) is 5.02 Å². The molecule has 0 radical (unpaired) electrons. The van der Waals surface area contributed by atoms with Crippen LogP contribution in [-0.4, -0.2) is 5.78 Å². The highest BCUT2D eigenvalue weighted by molar-refractivity contribution is 6.30. The highest BCUT2D eigenvalue weighted by Crippen LogP contribution is 2.28. The number of carbonyl (C=O) groups is 1. The molecule has 18 heavy (non-hydrogen) atoms. The molecule has 1 saturated carbocycles. The van der Waals surface area contributed by atoms with Crippen molar-refractivity contribution >= 4 is 23.5 Å². The van der Waals surface area contributed by atoms with Gasteiger partial charge in [0, 0.05) is 10.9 Å². The average Bonchev–Trinajstić information content (AvgIpc) is 2.89. The lowest BCUT2D eigenvalue weighted by molar-refractivity contribution is -0.118. The second-order valence-corrected chi connectivity index (χ2v) is 5.01. The van der Waals surface area contributed by atoms with Gasteiger partial charge >= 0.3 is 0 Å². The molecule has 1 aromatic carbocycles. The average molecular weight is 260 g/mol. The standard InChI is InChI=1S/C15H14ClNO/c16-14-7-3-4-11(9-14)8-13(10-17)15(18)12-5-1-2-6-12/h3-4,7-9,12H,1-2,5-6H2/b13-8+. The molecule has 3 heteroatoms. The van der Waals surface area contributed by atoms with Crippen LogP contribution in [0.5, 0.6) is 0 Å². The molecule has 1 aromatic rings. The predicted octanol–water partition coefficient (Wildman–Crippen LogP) is 4.01. The van der Waals surface area contributed by atoms with Crippen molar-refractivity contribution in [3.05, 3.63) is 40.4 Å². The van der Waals surface area contributed by atoms with Crippen molar-refractivity contribution in [2.75, 3.05) is 0 Å². The monoisotopic (exact) mass is 259 g/mol. The van der Waals surface area contributed by atoms with E-state index in [-0.39, 0.29) is 17.3 Å². The van der Waals surface area contributed by atoms with E-state index in [2.05, 4.69) is 0 Å². The van der Waals surface area contributed by atoms with Gasteiger partial charge in [-0.05, 0) is 36.6 Å². The number of ketones is 1. The lowest BCUT2D eigenvalue weighted by atomic mass is 9.95. The summed E-state index contributed by atoms with van der Waals surface area (Å²) in [6.45, 7) is 0. The summed E-state index contributed by atoms with van der Waals surface area (Å²) in [5.74, 6) is 0.0186. The molecule has 0 amide bonds. The Bertz CT molecular complexity index is 522. The molecule has 0 atom stereocenters. The van der Waals surface area contributed by atoms with E-state index in [1.165, 1.54) is 0 Å². The molecule has 0 unspecified atom stereocenters. The highest BCUT2D eigenvalue weighted by atomic mass is 35.5. The van der Waals surface area contributed by atoms with E-state index < -0.39 is 0 Å². The second kappa shape index (κ2) is 5.84. The molecule has 92 valence electrons. The number of hydrogen-bond acceptors (Lipinski definition) is 2. The second-order valence-electron chi connectivity index (χ2n) is 4.57. The van der Waals surface area contributed by atoms with E-state index in [9.17, 15) is 4.79 Å². The molecular formula is C15H14ClNO. The number of nitrogens with zero attached hydrogens (tertiary/aromatic N) is 1. The Morgan fingerprint density at radius 2 is 2.11 bits per heavy atom. The van der Waals surface area contributed by atoms with Gasteiger partial charge in [0.1, 0.15) is 6.07 Å². The van der Waals surface area contributed by atoms with Crippen LogP contribution in [-0.2, 0) is 4.79 Å². The van der Waals surface area contributed by atoms with E-state index in [1.807, 2.05) is 18.2 Å². The van der Waals surface area contributed by atoms with Crippen LogP contribution in [0.2, 0.25) is 5.02 Å². The van der Waals surface area contributed by atoms with E-state index >= 15 is 0 Å². The normalized spacial score (nSPS) is 16.6. The Morgan fingerprint density at radius 1 is 1.39 bits per heavy atom. The summed E-state index contributed by atoms with van der Waals surface area (Å²) in [5.41, 5.74) is 1.04. The molecule has 0 bridgehead atoms. The number of Topliss-reactive ketones (excluding diaryl/α,β-unsaturated/α-hetero) is 1. The number of benzene rings is 1. The van der Waals surface area contributed by atoms with Gasteiger partial charge in [0.05, 0.1) is 5.57 Å². The van der Waals surface area contributed by atoms with Crippen molar-refractivity contribution in [2.24, 2.45) is 5.92 Å². The number of allylic oxidation sites excluding steroid dienone is 1. The summed E-state index contributed by atoms with van der Waals surface area (Å²) in [4.78, 5) is 12.1. The third-order valence-electron chi connectivity index (χ3n) is 3.27. The Balaban J connectivity index is 2.23. The van der Waals surface area contributed by atoms with Gasteiger partial charge in [-0.15, -0.1) is 0 Å². The van der Waals surface area contributed by atoms with Crippen molar-refractivity contribution < 1.29 is 4.79 Å². The van der Waals surface area contributed by atoms with Crippen LogP contribution < -0.4 is 0 Å². The van der Waals surface area contributed by atoms with Crippen molar-refractivity contribution in [3.8, 4) is 6.07 Å². The lowest BCUT2D eigenvalue weighted by Gasteiger charge is -2.06. The SMILES string of the molecule is N#C/C(=C\c1cccc(Cl)c1)C(=O)C1CCCC1. The zero-order valence-corrected chi connectivity index (χ0v) is 10.8. The van der Waals surface area contributed by atoms with Crippen LogP contribution in [0, 0.1) is 17.2 Å². The first-order valence-electron chi connectivity index (χ1n) is 6.12. The molecule has 0 aromatic heterocycles. The molecule has 0 heterocycles. The fraction of sp³-hybridized carbons (Fsp3) is 0.333. The minimum atomic E-state index is -0.0185. The minimum Gasteiger partial charge on any atom is -0.293 e. The van der Waals surface area contributed by atoms with E-state index in [1.54, 1.807) is 18.2 Å². The first-order chi connectivity index (χ1) is 8.70. The van der Waals surface area contributed by atoms with Gasteiger partial charge in [0.15, 0.2) is 5.78 Å².